The van der Waals surface area contributed by atoms with Gasteiger partial charge in [0.15, 0.2) is 11.6 Å². The molecular formula is C31H38O4. The van der Waals surface area contributed by atoms with E-state index in [2.05, 4.69) is 19.1 Å². The van der Waals surface area contributed by atoms with Crippen molar-refractivity contribution in [2.24, 2.45) is 22.7 Å². The van der Waals surface area contributed by atoms with Crippen molar-refractivity contribution in [2.45, 2.75) is 84.5 Å². The van der Waals surface area contributed by atoms with Crippen molar-refractivity contribution < 1.29 is 19.5 Å². The Kier molecular flexibility index (Phi) is 6.24. The number of rotatable bonds is 6. The lowest BCUT2D eigenvalue weighted by atomic mass is 9.47. The molecule has 0 radical (unpaired) electrons. The van der Waals surface area contributed by atoms with Gasteiger partial charge in [0.2, 0.25) is 0 Å². The minimum Gasteiger partial charge on any atom is -0.396 e. The van der Waals surface area contributed by atoms with Crippen molar-refractivity contribution in [3.8, 4) is 0 Å². The van der Waals surface area contributed by atoms with E-state index in [0.717, 1.165) is 50.5 Å². The van der Waals surface area contributed by atoms with E-state index in [4.69, 9.17) is 0 Å². The second-order valence-electron chi connectivity index (χ2n) is 11.7. The molecular weight excluding hydrogens is 436 g/mol. The number of benzene rings is 1. The Hall–Kier alpha value is -2.33. The van der Waals surface area contributed by atoms with Crippen molar-refractivity contribution in [3.63, 3.8) is 0 Å². The Bertz CT molecular complexity index is 1120. The van der Waals surface area contributed by atoms with Crippen LogP contribution in [0.25, 0.3) is 0 Å². The Balaban J connectivity index is 1.67. The molecule has 35 heavy (non-hydrogen) atoms. The summed E-state index contributed by atoms with van der Waals surface area (Å²) in [5.74, 6) is 1.63. The molecule has 5 unspecified atom stereocenters. The van der Waals surface area contributed by atoms with Crippen molar-refractivity contribution in [1.82, 2.24) is 0 Å². The highest BCUT2D eigenvalue weighted by Gasteiger charge is 2.64. The van der Waals surface area contributed by atoms with E-state index in [-0.39, 0.29) is 35.3 Å². The first kappa shape index (κ1) is 24.4. The van der Waals surface area contributed by atoms with E-state index in [0.29, 0.717) is 24.7 Å². The molecule has 2 fully saturated rings. The first-order valence-corrected chi connectivity index (χ1v) is 13.4. The van der Waals surface area contributed by atoms with E-state index in [1.165, 1.54) is 22.3 Å². The number of Topliss-reactive ketones (excluding diaryl/α,β-unsaturated/α-hetero) is 2. The van der Waals surface area contributed by atoms with E-state index in [9.17, 15) is 19.5 Å². The van der Waals surface area contributed by atoms with Crippen molar-refractivity contribution in [1.29, 1.82) is 0 Å². The van der Waals surface area contributed by atoms with Crippen molar-refractivity contribution in [2.75, 3.05) is 6.61 Å². The van der Waals surface area contributed by atoms with E-state index in [1.807, 2.05) is 18.2 Å². The van der Waals surface area contributed by atoms with Gasteiger partial charge in [0.05, 0.1) is 0 Å². The van der Waals surface area contributed by atoms with Crippen LogP contribution in [-0.2, 0) is 9.59 Å². The zero-order valence-corrected chi connectivity index (χ0v) is 21.4. The second kappa shape index (κ2) is 8.96. The molecule has 0 amide bonds. The van der Waals surface area contributed by atoms with Crippen LogP contribution in [0, 0.1) is 22.7 Å². The summed E-state index contributed by atoms with van der Waals surface area (Å²) in [7, 11) is 0. The highest BCUT2D eigenvalue weighted by atomic mass is 16.3. The zero-order chi connectivity index (χ0) is 25.0. The largest absolute Gasteiger partial charge is 0.396 e. The first-order valence-electron chi connectivity index (χ1n) is 13.4. The van der Waals surface area contributed by atoms with E-state index >= 15 is 0 Å². The fourth-order valence-corrected chi connectivity index (χ4v) is 8.57. The SMILES string of the molecule is CC(=O)c1ccc(C2CC3(C)C(CCC3(CCCO)C(C)=O)C3CCC4=CC(=O)CCC4=C23)cc1. The molecule has 186 valence electrons. The molecule has 4 nitrogen and oxygen atoms in total. The third kappa shape index (κ3) is 3.71. The predicted molar refractivity (Wildman–Crippen MR) is 136 cm³/mol. The average Bonchev–Trinajstić information content (AvgIpc) is 3.14. The first-order chi connectivity index (χ1) is 16.7. The number of aliphatic hydroxyl groups excluding tert-OH is 1. The van der Waals surface area contributed by atoms with Crippen LogP contribution in [0.15, 0.2) is 47.1 Å². The van der Waals surface area contributed by atoms with Crippen molar-refractivity contribution in [3.05, 3.63) is 58.2 Å². The number of fused-ring (bicyclic) bond motifs is 4. The molecule has 1 aromatic rings. The maximum atomic E-state index is 13.3. The number of hydrogen-bond donors (Lipinski definition) is 1. The Morgan fingerprint density at radius 3 is 2.46 bits per heavy atom. The highest BCUT2D eigenvalue weighted by molar-refractivity contribution is 5.94. The van der Waals surface area contributed by atoms with Crippen LogP contribution in [-0.4, -0.2) is 29.1 Å². The molecule has 4 aliphatic carbocycles. The average molecular weight is 475 g/mol. The summed E-state index contributed by atoms with van der Waals surface area (Å²) in [5.41, 5.74) is 5.54. The lowest BCUT2D eigenvalue weighted by Gasteiger charge is -2.56. The van der Waals surface area contributed by atoms with Crippen LogP contribution >= 0.6 is 0 Å². The van der Waals surface area contributed by atoms with Gasteiger partial charge in [-0.2, -0.15) is 0 Å². The smallest absolute Gasteiger partial charge is 0.159 e. The topological polar surface area (TPSA) is 71.4 Å². The highest BCUT2D eigenvalue weighted by Crippen LogP contribution is 2.70. The van der Waals surface area contributed by atoms with E-state index < -0.39 is 5.41 Å². The number of allylic oxidation sites excluding steroid dienone is 4. The van der Waals surface area contributed by atoms with Gasteiger partial charge in [0.25, 0.3) is 0 Å². The van der Waals surface area contributed by atoms with Gasteiger partial charge in [-0.15, -0.1) is 0 Å². The molecule has 5 atom stereocenters. The lowest BCUT2D eigenvalue weighted by Crippen LogP contribution is -2.50. The summed E-state index contributed by atoms with van der Waals surface area (Å²) >= 11 is 0. The van der Waals surface area contributed by atoms with Gasteiger partial charge in [-0.05, 0) is 105 Å². The van der Waals surface area contributed by atoms with Gasteiger partial charge in [-0.1, -0.05) is 36.8 Å². The minimum absolute atomic E-state index is 0.0659. The van der Waals surface area contributed by atoms with Crippen LogP contribution in [0.1, 0.15) is 100 Å². The van der Waals surface area contributed by atoms with Gasteiger partial charge in [0, 0.05) is 29.9 Å². The summed E-state index contributed by atoms with van der Waals surface area (Å²) < 4.78 is 0. The molecule has 0 saturated heterocycles. The van der Waals surface area contributed by atoms with Gasteiger partial charge < -0.3 is 5.11 Å². The molecule has 0 spiro atoms. The van der Waals surface area contributed by atoms with Crippen LogP contribution in [0.3, 0.4) is 0 Å². The fourth-order valence-electron chi connectivity index (χ4n) is 8.57. The summed E-state index contributed by atoms with van der Waals surface area (Å²) in [4.78, 5) is 37.5. The molecule has 2 saturated carbocycles. The van der Waals surface area contributed by atoms with Crippen LogP contribution in [0.2, 0.25) is 0 Å². The number of ketones is 3. The van der Waals surface area contributed by atoms with Gasteiger partial charge >= 0.3 is 0 Å². The predicted octanol–water partition coefficient (Wildman–Crippen LogP) is 6.14. The molecule has 4 aliphatic rings. The maximum Gasteiger partial charge on any atom is 0.159 e. The van der Waals surface area contributed by atoms with Crippen LogP contribution in [0.5, 0.6) is 0 Å². The summed E-state index contributed by atoms with van der Waals surface area (Å²) in [6, 6.07) is 8.10. The Morgan fingerprint density at radius 2 is 1.80 bits per heavy atom. The standard InChI is InChI=1S/C31H38O4/c1-19(33)21-5-7-22(8-6-21)27-18-30(3)28(13-15-31(30,20(2)34)14-4-16-32)26-11-9-23-17-24(35)10-12-25(23)29(26)27/h5-8,17,26-28,32H,4,9-16,18H2,1-3H3. The Morgan fingerprint density at radius 1 is 1.06 bits per heavy atom. The molecule has 0 aliphatic heterocycles. The van der Waals surface area contributed by atoms with Gasteiger partial charge in [-0.25, -0.2) is 0 Å². The second-order valence-corrected chi connectivity index (χ2v) is 11.7. The van der Waals surface area contributed by atoms with E-state index in [1.54, 1.807) is 13.8 Å². The number of carbonyl (C=O) groups is 3. The summed E-state index contributed by atoms with van der Waals surface area (Å²) in [6.45, 7) is 5.84. The molecule has 4 heteroatoms. The normalized spacial score (nSPS) is 34.1. The van der Waals surface area contributed by atoms with Gasteiger partial charge in [-0.3, -0.25) is 14.4 Å². The molecule has 5 rings (SSSR count). The molecule has 0 aromatic heterocycles. The minimum atomic E-state index is -0.396. The monoisotopic (exact) mass is 474 g/mol. The fraction of sp³-hybridized carbons (Fsp3) is 0.581. The quantitative estimate of drug-likeness (QED) is 0.503. The number of hydrogen-bond acceptors (Lipinski definition) is 4. The molecule has 1 N–H and O–H groups in total. The summed E-state index contributed by atoms with van der Waals surface area (Å²) in [6.07, 6.45) is 9.55. The zero-order valence-electron chi connectivity index (χ0n) is 21.4. The number of aliphatic hydroxyl groups is 1. The number of carbonyl (C=O) groups excluding carboxylic acids is 3. The molecule has 0 heterocycles. The third-order valence-corrected chi connectivity index (χ3v) is 10.3. The summed E-state index contributed by atoms with van der Waals surface area (Å²) in [5, 5.41) is 9.66. The lowest BCUT2D eigenvalue weighted by molar-refractivity contribution is -0.137. The molecule has 0 bridgehead atoms. The van der Waals surface area contributed by atoms with Crippen molar-refractivity contribution >= 4 is 17.3 Å². The van der Waals surface area contributed by atoms with Gasteiger partial charge in [0.1, 0.15) is 5.78 Å². The third-order valence-electron chi connectivity index (χ3n) is 10.3. The van der Waals surface area contributed by atoms with Crippen LogP contribution < -0.4 is 0 Å². The molecule has 1 aromatic carbocycles. The Labute approximate surface area is 208 Å². The van der Waals surface area contributed by atoms with Crippen LogP contribution in [0.4, 0.5) is 0 Å². The maximum absolute atomic E-state index is 13.3.